The summed E-state index contributed by atoms with van der Waals surface area (Å²) in [5.41, 5.74) is 0. The number of piperidine rings is 1. The fraction of sp³-hybridized carbons (Fsp3) is 0.733. The number of nitrogens with one attached hydrogen (secondary N) is 1. The van der Waals surface area contributed by atoms with Crippen molar-refractivity contribution in [2.24, 2.45) is 5.92 Å². The number of aryl methyl sites for hydroxylation is 1. The van der Waals surface area contributed by atoms with Crippen molar-refractivity contribution >= 4 is 21.4 Å². The van der Waals surface area contributed by atoms with E-state index in [1.54, 1.807) is 15.6 Å². The third kappa shape index (κ3) is 4.06. The largest absolute Gasteiger partial charge is 0.310 e. The lowest BCUT2D eigenvalue weighted by atomic mass is 10.0. The van der Waals surface area contributed by atoms with Crippen LogP contribution >= 0.6 is 11.3 Å². The Bertz CT molecular complexity index is 578. The summed E-state index contributed by atoms with van der Waals surface area (Å²) in [6.07, 6.45) is 2.09. The minimum Gasteiger partial charge on any atom is -0.310 e. The van der Waals surface area contributed by atoms with Gasteiger partial charge in [-0.2, -0.15) is 4.31 Å². The Labute approximate surface area is 132 Å². The zero-order valence-corrected chi connectivity index (χ0v) is 15.0. The molecule has 1 N–H and O–H groups in total. The molecule has 0 radical (unpaired) electrons. The Hall–Kier alpha value is -0.430. The van der Waals surface area contributed by atoms with Crippen LogP contribution in [0.3, 0.4) is 0 Å². The highest BCUT2D eigenvalue weighted by Gasteiger charge is 2.30. The molecular formula is C15H26N2O2S2. The van der Waals surface area contributed by atoms with Gasteiger partial charge in [0, 0.05) is 35.4 Å². The first-order chi connectivity index (χ1) is 9.80. The molecule has 1 aromatic rings. The number of nitrogens with zero attached hydrogens (tertiary/aromatic N) is 1. The van der Waals surface area contributed by atoms with Crippen LogP contribution in [-0.2, 0) is 16.6 Å². The Kier molecular flexibility index (Phi) is 5.46. The molecule has 1 saturated heterocycles. The average molecular weight is 331 g/mol. The van der Waals surface area contributed by atoms with Crippen LogP contribution in [0.5, 0.6) is 0 Å². The molecule has 1 unspecified atom stereocenters. The molecule has 0 spiro atoms. The molecule has 0 bridgehead atoms. The Morgan fingerprint density at radius 3 is 2.81 bits per heavy atom. The second kappa shape index (κ2) is 6.77. The Morgan fingerprint density at radius 1 is 1.48 bits per heavy atom. The summed E-state index contributed by atoms with van der Waals surface area (Å²) in [6, 6.07) is 2.25. The highest BCUT2D eigenvalue weighted by Crippen LogP contribution is 2.30. The summed E-state index contributed by atoms with van der Waals surface area (Å²) in [5.74, 6) is 0.453. The Balaban J connectivity index is 2.19. The Morgan fingerprint density at radius 2 is 2.19 bits per heavy atom. The average Bonchev–Trinajstić information content (AvgIpc) is 2.78. The molecule has 1 fully saturated rings. The summed E-state index contributed by atoms with van der Waals surface area (Å²) in [5, 5.41) is 3.34. The van der Waals surface area contributed by atoms with E-state index in [2.05, 4.69) is 26.1 Å². The van der Waals surface area contributed by atoms with Gasteiger partial charge in [0.1, 0.15) is 0 Å². The van der Waals surface area contributed by atoms with E-state index in [0.717, 1.165) is 29.1 Å². The standard InChI is InChI=1S/C15H26N2O2S2/c1-11(2)16-9-14-8-15(13(4)20-14)21(18,19)17-7-5-6-12(3)10-17/h8,11-12,16H,5-7,9-10H2,1-4H3. The maximum atomic E-state index is 12.8. The highest BCUT2D eigenvalue weighted by atomic mass is 32.2. The smallest absolute Gasteiger partial charge is 0.244 e. The van der Waals surface area contributed by atoms with Gasteiger partial charge in [0.25, 0.3) is 0 Å². The molecule has 1 aliphatic rings. The molecule has 2 rings (SSSR count). The van der Waals surface area contributed by atoms with Gasteiger partial charge >= 0.3 is 0 Å². The first kappa shape index (κ1) is 16.9. The molecule has 4 nitrogen and oxygen atoms in total. The molecule has 6 heteroatoms. The molecule has 0 aliphatic carbocycles. The van der Waals surface area contributed by atoms with Crippen LogP contribution in [0.15, 0.2) is 11.0 Å². The number of thiophene rings is 1. The summed E-state index contributed by atoms with van der Waals surface area (Å²) >= 11 is 1.58. The minimum absolute atomic E-state index is 0.399. The maximum Gasteiger partial charge on any atom is 0.244 e. The van der Waals surface area contributed by atoms with Gasteiger partial charge in [0.2, 0.25) is 10.0 Å². The second-order valence-corrected chi connectivity index (χ2v) is 9.53. The van der Waals surface area contributed by atoms with E-state index in [1.165, 1.54) is 0 Å². The van der Waals surface area contributed by atoms with E-state index in [0.29, 0.717) is 29.9 Å². The van der Waals surface area contributed by atoms with Gasteiger partial charge in [-0.3, -0.25) is 0 Å². The molecule has 1 atom stereocenters. The third-order valence-electron chi connectivity index (χ3n) is 3.85. The van der Waals surface area contributed by atoms with Crippen molar-refractivity contribution in [1.29, 1.82) is 0 Å². The predicted octanol–water partition coefficient (Wildman–Crippen LogP) is 2.98. The van der Waals surface area contributed by atoms with E-state index >= 15 is 0 Å². The van der Waals surface area contributed by atoms with Crippen molar-refractivity contribution in [3.05, 3.63) is 15.8 Å². The third-order valence-corrected chi connectivity index (χ3v) is 7.02. The normalized spacial score (nSPS) is 21.1. The summed E-state index contributed by atoms with van der Waals surface area (Å²) < 4.78 is 27.3. The maximum absolute atomic E-state index is 12.8. The van der Waals surface area contributed by atoms with Crippen LogP contribution in [0, 0.1) is 12.8 Å². The van der Waals surface area contributed by atoms with Gasteiger partial charge in [-0.25, -0.2) is 8.42 Å². The fourth-order valence-corrected chi connectivity index (χ4v) is 5.83. The zero-order chi connectivity index (χ0) is 15.6. The van der Waals surface area contributed by atoms with Crippen LogP contribution in [0.2, 0.25) is 0 Å². The fourth-order valence-electron chi connectivity index (χ4n) is 2.68. The molecule has 0 saturated carbocycles. The molecule has 0 amide bonds. The van der Waals surface area contributed by atoms with Gasteiger partial charge in [-0.1, -0.05) is 20.8 Å². The molecule has 2 heterocycles. The van der Waals surface area contributed by atoms with E-state index in [1.807, 2.05) is 13.0 Å². The molecule has 1 aliphatic heterocycles. The van der Waals surface area contributed by atoms with Crippen molar-refractivity contribution < 1.29 is 8.42 Å². The van der Waals surface area contributed by atoms with Crippen molar-refractivity contribution in [1.82, 2.24) is 9.62 Å². The monoisotopic (exact) mass is 330 g/mol. The van der Waals surface area contributed by atoms with Crippen LogP contribution in [0.1, 0.15) is 43.4 Å². The number of hydrogen-bond acceptors (Lipinski definition) is 4. The molecule has 120 valence electrons. The van der Waals surface area contributed by atoms with Gasteiger partial charge < -0.3 is 5.32 Å². The first-order valence-corrected chi connectivity index (χ1v) is 9.89. The van der Waals surface area contributed by atoms with Gasteiger partial charge in [0.05, 0.1) is 4.90 Å². The van der Waals surface area contributed by atoms with E-state index < -0.39 is 10.0 Å². The van der Waals surface area contributed by atoms with Gasteiger partial charge in [0.15, 0.2) is 0 Å². The SMILES string of the molecule is Cc1sc(CNC(C)C)cc1S(=O)(=O)N1CCCC(C)C1. The lowest BCUT2D eigenvalue weighted by Gasteiger charge is -2.29. The van der Waals surface area contributed by atoms with Crippen molar-refractivity contribution in [3.8, 4) is 0 Å². The summed E-state index contributed by atoms with van der Waals surface area (Å²) in [4.78, 5) is 2.49. The van der Waals surface area contributed by atoms with Crippen LogP contribution in [0.25, 0.3) is 0 Å². The second-order valence-electron chi connectivity index (χ2n) is 6.28. The predicted molar refractivity (Wildman–Crippen MR) is 88.2 cm³/mol. The van der Waals surface area contributed by atoms with Crippen LogP contribution in [0.4, 0.5) is 0 Å². The lowest BCUT2D eigenvalue weighted by molar-refractivity contribution is 0.281. The quantitative estimate of drug-likeness (QED) is 0.903. The molecular weight excluding hydrogens is 304 g/mol. The molecule has 21 heavy (non-hydrogen) atoms. The topological polar surface area (TPSA) is 49.4 Å². The van der Waals surface area contributed by atoms with Crippen molar-refractivity contribution in [2.75, 3.05) is 13.1 Å². The summed E-state index contributed by atoms with van der Waals surface area (Å²) in [6.45, 7) is 10.2. The van der Waals surface area contributed by atoms with Crippen molar-refractivity contribution in [2.45, 2.75) is 58.0 Å². The van der Waals surface area contributed by atoms with Crippen molar-refractivity contribution in [3.63, 3.8) is 0 Å². The molecule has 1 aromatic heterocycles. The van der Waals surface area contributed by atoms with Crippen LogP contribution < -0.4 is 5.32 Å². The first-order valence-electron chi connectivity index (χ1n) is 7.63. The number of hydrogen-bond donors (Lipinski definition) is 1. The van der Waals surface area contributed by atoms with Crippen LogP contribution in [-0.4, -0.2) is 31.9 Å². The van der Waals surface area contributed by atoms with E-state index in [-0.39, 0.29) is 0 Å². The highest BCUT2D eigenvalue weighted by molar-refractivity contribution is 7.89. The zero-order valence-electron chi connectivity index (χ0n) is 13.3. The van der Waals surface area contributed by atoms with E-state index in [4.69, 9.17) is 0 Å². The van der Waals surface area contributed by atoms with E-state index in [9.17, 15) is 8.42 Å². The lowest BCUT2D eigenvalue weighted by Crippen LogP contribution is -2.39. The minimum atomic E-state index is -3.33. The summed E-state index contributed by atoms with van der Waals surface area (Å²) in [7, 11) is -3.33. The number of sulfonamides is 1. The number of rotatable bonds is 5. The molecule has 0 aromatic carbocycles. The van der Waals surface area contributed by atoms with Gasteiger partial charge in [-0.15, -0.1) is 11.3 Å². The van der Waals surface area contributed by atoms with Gasteiger partial charge in [-0.05, 0) is 31.7 Å².